The Balaban J connectivity index is 2.32. The number of amides is 1. The molecule has 0 radical (unpaired) electrons. The van der Waals surface area contributed by atoms with Crippen LogP contribution in [0.25, 0.3) is 0 Å². The standard InChI is InChI=1S/C16H21N3O2/c1-9-7-14(11(3)21-9)10(2)19-15-8-12(17)5-6-13(15)16(20)18-4/h5-8,10,19H,17H2,1-4H3,(H,18,20). The van der Waals surface area contributed by atoms with Crippen molar-refractivity contribution < 1.29 is 9.21 Å². The number of anilines is 2. The van der Waals surface area contributed by atoms with Crippen LogP contribution < -0.4 is 16.4 Å². The Morgan fingerprint density at radius 1 is 1.29 bits per heavy atom. The van der Waals surface area contributed by atoms with Gasteiger partial charge in [0.05, 0.1) is 11.6 Å². The van der Waals surface area contributed by atoms with Gasteiger partial charge in [0, 0.05) is 24.0 Å². The van der Waals surface area contributed by atoms with Crippen LogP contribution in [0.2, 0.25) is 0 Å². The maximum atomic E-state index is 11.9. The first-order chi connectivity index (χ1) is 9.92. The minimum atomic E-state index is -0.148. The van der Waals surface area contributed by atoms with E-state index in [4.69, 9.17) is 10.2 Å². The molecule has 1 heterocycles. The predicted octanol–water partition coefficient (Wildman–Crippen LogP) is 3.01. The molecule has 1 atom stereocenters. The summed E-state index contributed by atoms with van der Waals surface area (Å²) in [5.74, 6) is 1.60. The summed E-state index contributed by atoms with van der Waals surface area (Å²) in [7, 11) is 1.61. The van der Waals surface area contributed by atoms with E-state index in [-0.39, 0.29) is 11.9 Å². The summed E-state index contributed by atoms with van der Waals surface area (Å²) >= 11 is 0. The van der Waals surface area contributed by atoms with Gasteiger partial charge in [0.25, 0.3) is 5.91 Å². The lowest BCUT2D eigenvalue weighted by atomic mass is 10.1. The Bertz CT molecular complexity index is 662. The normalized spacial score (nSPS) is 12.0. The number of furan rings is 1. The highest BCUT2D eigenvalue weighted by Gasteiger charge is 2.16. The van der Waals surface area contributed by atoms with Gasteiger partial charge in [-0.05, 0) is 45.0 Å². The first-order valence-electron chi connectivity index (χ1n) is 6.87. The van der Waals surface area contributed by atoms with Gasteiger partial charge in [-0.3, -0.25) is 4.79 Å². The van der Waals surface area contributed by atoms with Crippen molar-refractivity contribution in [1.82, 2.24) is 5.32 Å². The molecule has 1 unspecified atom stereocenters. The quantitative estimate of drug-likeness (QED) is 0.755. The molecular weight excluding hydrogens is 266 g/mol. The van der Waals surface area contributed by atoms with Crippen LogP contribution in [0.3, 0.4) is 0 Å². The molecule has 1 aromatic carbocycles. The van der Waals surface area contributed by atoms with Crippen molar-refractivity contribution in [2.45, 2.75) is 26.8 Å². The number of rotatable bonds is 4. The third kappa shape index (κ3) is 3.18. The van der Waals surface area contributed by atoms with E-state index in [9.17, 15) is 4.79 Å². The summed E-state index contributed by atoms with van der Waals surface area (Å²) in [4.78, 5) is 11.9. The van der Waals surface area contributed by atoms with Gasteiger partial charge in [-0.15, -0.1) is 0 Å². The lowest BCUT2D eigenvalue weighted by molar-refractivity contribution is 0.0964. The minimum absolute atomic E-state index is 0.00709. The number of carbonyl (C=O) groups excluding carboxylic acids is 1. The Hall–Kier alpha value is -2.43. The van der Waals surface area contributed by atoms with Crippen LogP contribution in [0.4, 0.5) is 11.4 Å². The van der Waals surface area contributed by atoms with Crippen LogP contribution in [0, 0.1) is 13.8 Å². The highest BCUT2D eigenvalue weighted by atomic mass is 16.3. The smallest absolute Gasteiger partial charge is 0.253 e. The first-order valence-corrected chi connectivity index (χ1v) is 6.87. The number of nitrogens with two attached hydrogens (primary N) is 1. The lowest BCUT2D eigenvalue weighted by Gasteiger charge is -2.18. The number of hydrogen-bond acceptors (Lipinski definition) is 4. The molecule has 0 fully saturated rings. The molecule has 0 bridgehead atoms. The second-order valence-corrected chi connectivity index (χ2v) is 5.12. The monoisotopic (exact) mass is 287 g/mol. The van der Waals surface area contributed by atoms with Gasteiger partial charge >= 0.3 is 0 Å². The van der Waals surface area contributed by atoms with Gasteiger partial charge in [0.15, 0.2) is 0 Å². The zero-order valence-electron chi connectivity index (χ0n) is 12.8. The van der Waals surface area contributed by atoms with Crippen LogP contribution in [0.15, 0.2) is 28.7 Å². The van der Waals surface area contributed by atoms with Crippen LogP contribution in [0.5, 0.6) is 0 Å². The minimum Gasteiger partial charge on any atom is -0.466 e. The van der Waals surface area contributed by atoms with Crippen molar-refractivity contribution in [2.24, 2.45) is 0 Å². The number of nitrogen functional groups attached to an aromatic ring is 1. The van der Waals surface area contributed by atoms with Crippen molar-refractivity contribution >= 4 is 17.3 Å². The van der Waals surface area contributed by atoms with Gasteiger partial charge in [0.2, 0.25) is 0 Å². The maximum absolute atomic E-state index is 11.9. The molecular formula is C16H21N3O2. The zero-order chi connectivity index (χ0) is 15.6. The molecule has 112 valence electrons. The topological polar surface area (TPSA) is 80.3 Å². The Kier molecular flexibility index (Phi) is 4.21. The summed E-state index contributed by atoms with van der Waals surface area (Å²) in [5.41, 5.74) is 8.78. The summed E-state index contributed by atoms with van der Waals surface area (Å²) in [6, 6.07) is 7.21. The lowest BCUT2D eigenvalue weighted by Crippen LogP contribution is -2.20. The molecule has 5 heteroatoms. The van der Waals surface area contributed by atoms with Crippen LogP contribution >= 0.6 is 0 Å². The molecule has 21 heavy (non-hydrogen) atoms. The molecule has 0 saturated carbocycles. The maximum Gasteiger partial charge on any atom is 0.253 e. The average molecular weight is 287 g/mol. The van der Waals surface area contributed by atoms with E-state index in [1.54, 1.807) is 25.2 Å². The summed E-state index contributed by atoms with van der Waals surface area (Å²) in [5, 5.41) is 5.97. The fourth-order valence-corrected chi connectivity index (χ4v) is 2.41. The Morgan fingerprint density at radius 2 is 2.00 bits per heavy atom. The van der Waals surface area contributed by atoms with Gasteiger partial charge in [-0.25, -0.2) is 0 Å². The average Bonchev–Trinajstić information content (AvgIpc) is 2.77. The van der Waals surface area contributed by atoms with Crippen molar-refractivity contribution in [2.75, 3.05) is 18.1 Å². The highest BCUT2D eigenvalue weighted by molar-refractivity contribution is 6.00. The van der Waals surface area contributed by atoms with Crippen molar-refractivity contribution in [3.8, 4) is 0 Å². The van der Waals surface area contributed by atoms with E-state index < -0.39 is 0 Å². The second kappa shape index (κ2) is 5.91. The Morgan fingerprint density at radius 3 is 2.57 bits per heavy atom. The molecule has 1 aromatic heterocycles. The largest absolute Gasteiger partial charge is 0.466 e. The molecule has 0 spiro atoms. The second-order valence-electron chi connectivity index (χ2n) is 5.12. The van der Waals surface area contributed by atoms with Crippen LogP contribution in [-0.2, 0) is 0 Å². The molecule has 2 rings (SSSR count). The fourth-order valence-electron chi connectivity index (χ4n) is 2.41. The third-order valence-electron chi connectivity index (χ3n) is 3.43. The predicted molar refractivity (Wildman–Crippen MR) is 84.5 cm³/mol. The molecule has 0 aliphatic heterocycles. The molecule has 1 amide bonds. The molecule has 4 N–H and O–H groups in total. The fraction of sp³-hybridized carbons (Fsp3) is 0.312. The van der Waals surface area contributed by atoms with E-state index in [0.29, 0.717) is 16.9 Å². The number of carbonyl (C=O) groups is 1. The summed E-state index contributed by atoms with van der Waals surface area (Å²) < 4.78 is 5.55. The molecule has 0 saturated heterocycles. The van der Waals surface area contributed by atoms with Gasteiger partial charge < -0.3 is 20.8 Å². The summed E-state index contributed by atoms with van der Waals surface area (Å²) in [6.07, 6.45) is 0. The molecule has 2 aromatic rings. The summed E-state index contributed by atoms with van der Waals surface area (Å²) in [6.45, 7) is 5.87. The van der Waals surface area contributed by atoms with E-state index in [0.717, 1.165) is 17.1 Å². The third-order valence-corrected chi connectivity index (χ3v) is 3.43. The number of nitrogens with one attached hydrogen (secondary N) is 2. The van der Waals surface area contributed by atoms with Crippen molar-refractivity contribution in [3.63, 3.8) is 0 Å². The van der Waals surface area contributed by atoms with Crippen LogP contribution in [-0.4, -0.2) is 13.0 Å². The van der Waals surface area contributed by atoms with E-state index in [2.05, 4.69) is 10.6 Å². The van der Waals surface area contributed by atoms with Crippen molar-refractivity contribution in [1.29, 1.82) is 0 Å². The van der Waals surface area contributed by atoms with Crippen LogP contribution in [0.1, 0.15) is 40.4 Å². The van der Waals surface area contributed by atoms with Gasteiger partial charge in [0.1, 0.15) is 11.5 Å². The number of hydrogen-bond donors (Lipinski definition) is 3. The Labute approximate surface area is 124 Å². The van der Waals surface area contributed by atoms with Crippen molar-refractivity contribution in [3.05, 3.63) is 46.9 Å². The van der Waals surface area contributed by atoms with E-state index in [1.165, 1.54) is 0 Å². The molecule has 0 aliphatic rings. The molecule has 5 nitrogen and oxygen atoms in total. The van der Waals surface area contributed by atoms with E-state index >= 15 is 0 Å². The van der Waals surface area contributed by atoms with Gasteiger partial charge in [-0.1, -0.05) is 0 Å². The van der Waals surface area contributed by atoms with E-state index in [1.807, 2.05) is 26.8 Å². The highest BCUT2D eigenvalue weighted by Crippen LogP contribution is 2.27. The molecule has 0 aliphatic carbocycles. The number of benzene rings is 1. The van der Waals surface area contributed by atoms with Gasteiger partial charge in [-0.2, -0.15) is 0 Å². The number of aryl methyl sites for hydroxylation is 2. The first kappa shape index (κ1) is 15.0. The zero-order valence-corrected chi connectivity index (χ0v) is 12.8. The SMILES string of the molecule is CNC(=O)c1ccc(N)cc1NC(C)c1cc(C)oc1C.